The molecule has 28 heteroatoms. The highest BCUT2D eigenvalue weighted by atomic mass is 32.5. The van der Waals surface area contributed by atoms with E-state index in [0.717, 1.165) is 17.2 Å². The van der Waals surface area contributed by atoms with E-state index in [-0.39, 0.29) is 66.8 Å². The van der Waals surface area contributed by atoms with Crippen LogP contribution >= 0.6 is 13.0 Å². The summed E-state index contributed by atoms with van der Waals surface area (Å²) < 4.78 is 74.1. The second-order valence-corrected chi connectivity index (χ2v) is 22.8. The summed E-state index contributed by atoms with van der Waals surface area (Å²) in [6.45, 7) is -3.35. The number of carbonyl (C=O) groups excluding carboxylic acids is 2. The fraction of sp³-hybridized carbons (Fsp3) is 0.450. The van der Waals surface area contributed by atoms with Crippen molar-refractivity contribution >= 4 is 82.5 Å². The molecule has 6 unspecified atom stereocenters. The topological polar surface area (TPSA) is 289 Å². The number of hydrogen-bond acceptors (Lipinski definition) is 19. The maximum atomic E-state index is 17.5. The summed E-state index contributed by atoms with van der Waals surface area (Å²) in [7, 11) is 0. The zero-order valence-corrected chi connectivity index (χ0v) is 39.6. The fourth-order valence-electron chi connectivity index (χ4n) is 7.42. The van der Waals surface area contributed by atoms with Gasteiger partial charge in [-0.3, -0.25) is 33.8 Å². The zero-order valence-electron chi connectivity index (χ0n) is 36.2. The molecule has 0 saturated carbocycles. The molecule has 2 aliphatic heterocycles. The smallest absolute Gasteiger partial charge is 0.280 e. The van der Waals surface area contributed by atoms with Crippen molar-refractivity contribution in [3.05, 3.63) is 77.9 Å². The number of fused-ring (bicyclic) bond motifs is 2. The Labute approximate surface area is 396 Å². The van der Waals surface area contributed by atoms with Crippen molar-refractivity contribution in [1.82, 2.24) is 39.0 Å². The van der Waals surface area contributed by atoms with E-state index >= 15 is 8.78 Å². The van der Waals surface area contributed by atoms with Crippen molar-refractivity contribution in [1.29, 1.82) is 10.5 Å². The third-order valence-corrected chi connectivity index (χ3v) is 18.2. The van der Waals surface area contributed by atoms with Gasteiger partial charge in [-0.25, -0.2) is 28.7 Å². The molecule has 6 heterocycles. The van der Waals surface area contributed by atoms with Crippen molar-refractivity contribution in [2.45, 2.75) is 75.0 Å². The highest BCUT2D eigenvalue weighted by Gasteiger charge is 2.58. The molecule has 4 N–H and O–H groups in total. The number of halogens is 2. The van der Waals surface area contributed by atoms with Gasteiger partial charge in [-0.2, -0.15) is 15.5 Å². The quantitative estimate of drug-likeness (QED) is 0.0440. The Kier molecular flexibility index (Phi) is 16.3. The van der Waals surface area contributed by atoms with Gasteiger partial charge in [0.25, 0.3) is 11.5 Å². The Morgan fingerprint density at radius 2 is 1.51 bits per heavy atom. The van der Waals surface area contributed by atoms with Crippen LogP contribution < -0.4 is 16.2 Å². The molecule has 2 aliphatic rings. The van der Waals surface area contributed by atoms with Gasteiger partial charge in [-0.1, -0.05) is 38.1 Å². The van der Waals surface area contributed by atoms with Crippen LogP contribution in [0.5, 0.6) is 0 Å². The molecule has 10 atom stereocenters. The molecule has 0 radical (unpaired) electrons. The summed E-state index contributed by atoms with van der Waals surface area (Å²) in [4.78, 5) is 62.3. The van der Waals surface area contributed by atoms with E-state index in [0.29, 0.717) is 5.56 Å². The lowest BCUT2D eigenvalue weighted by Gasteiger charge is -2.34. The number of anilines is 2. The van der Waals surface area contributed by atoms with E-state index in [1.165, 1.54) is 17.0 Å². The van der Waals surface area contributed by atoms with Crippen LogP contribution in [-0.4, -0.2) is 125 Å². The number of benzene rings is 1. The molecule has 5 aromatic rings. The Morgan fingerprint density at radius 1 is 0.912 bits per heavy atom. The molecule has 0 spiro atoms. The van der Waals surface area contributed by atoms with Gasteiger partial charge in [-0.05, 0) is 35.7 Å². The van der Waals surface area contributed by atoms with E-state index < -0.39 is 97.8 Å². The number of aliphatic hydroxyl groups excluding tert-OH is 1. The van der Waals surface area contributed by atoms with E-state index in [9.17, 15) is 30.0 Å². The van der Waals surface area contributed by atoms with Crippen molar-refractivity contribution in [3.8, 4) is 12.1 Å². The lowest BCUT2D eigenvalue weighted by Crippen LogP contribution is -2.36. The number of nitrogens with one attached hydrogen (secondary N) is 3. The number of ether oxygens (including phenoxy) is 2. The van der Waals surface area contributed by atoms with Crippen molar-refractivity contribution in [3.63, 3.8) is 0 Å². The zero-order chi connectivity index (χ0) is 48.8. The predicted molar refractivity (Wildman–Crippen MR) is 247 cm³/mol. The third kappa shape index (κ3) is 10.5. The van der Waals surface area contributed by atoms with Gasteiger partial charge in [0.15, 0.2) is 65.9 Å². The van der Waals surface area contributed by atoms with Gasteiger partial charge in [0.1, 0.15) is 6.33 Å². The van der Waals surface area contributed by atoms with Crippen LogP contribution in [0.3, 0.4) is 0 Å². The van der Waals surface area contributed by atoms with Crippen LogP contribution in [0.25, 0.3) is 22.3 Å². The molecule has 0 aliphatic carbocycles. The van der Waals surface area contributed by atoms with Crippen molar-refractivity contribution < 1.29 is 51.0 Å². The van der Waals surface area contributed by atoms with Crippen LogP contribution in [0.15, 0.2) is 66.8 Å². The van der Waals surface area contributed by atoms with Crippen LogP contribution in [0.1, 0.15) is 49.5 Å². The number of nitrogens with zero attached hydrogens (tertiary/aromatic N) is 9. The number of aromatic amines is 1. The largest absolute Gasteiger partial charge is 0.394 e. The minimum atomic E-state index is -4.12. The Bertz CT molecular complexity index is 2900. The van der Waals surface area contributed by atoms with Gasteiger partial charge in [0, 0.05) is 11.5 Å². The number of carbonyl (C=O) groups is 2. The Morgan fingerprint density at radius 3 is 2.13 bits per heavy atom. The molecule has 2 saturated heterocycles. The maximum Gasteiger partial charge on any atom is 0.280 e. The maximum absolute atomic E-state index is 17.5. The van der Waals surface area contributed by atoms with Crippen LogP contribution in [0.2, 0.25) is 0 Å². The molecule has 68 heavy (non-hydrogen) atoms. The average Bonchev–Trinajstić information content (AvgIpc) is 4.11. The normalized spacial score (nSPS) is 24.3. The van der Waals surface area contributed by atoms with Gasteiger partial charge < -0.3 is 38.0 Å². The standard InChI is InChI=1S/C40H44F2N12O10P2S2/c1-4-14-59-65(67,60-15-8-12-43)31-25(64-39(27(31)42)54-21-48-29-34(54)50-40(52-37(29)58)51-35(56)22(2)3)18-62-66(68,61-16-9-13-44)30-24(17-55)63-38(26(30)41)53-20-47-28-32(45-19-46-33(28)53)49-36(57)23-10-6-5-7-11-23/h4-7,10-11,19-22,24-27,30-31,38-39,55H,1,8-9,14-18H2,2-3H3,(H,45,46,49,57)(H2,50,51,52,56,58)/t24?,25?,26-,27-,30-,31-,38?,39?,65?,66?/m1/s1. The van der Waals surface area contributed by atoms with Gasteiger partial charge >= 0.3 is 0 Å². The van der Waals surface area contributed by atoms with Crippen molar-refractivity contribution in [2.24, 2.45) is 5.92 Å². The lowest BCUT2D eigenvalue weighted by atomic mass is 10.2. The molecule has 4 aromatic heterocycles. The predicted octanol–water partition coefficient (Wildman–Crippen LogP) is 4.71. The summed E-state index contributed by atoms with van der Waals surface area (Å²) in [5.74, 6) is -1.67. The highest BCUT2D eigenvalue weighted by molar-refractivity contribution is 8.10. The van der Waals surface area contributed by atoms with E-state index in [1.54, 1.807) is 44.2 Å². The van der Waals surface area contributed by atoms with Crippen LogP contribution in [0, 0.1) is 28.6 Å². The second-order valence-electron chi connectivity index (χ2n) is 15.4. The summed E-state index contributed by atoms with van der Waals surface area (Å²) in [6.07, 6.45) is -5.82. The molecule has 7 rings (SSSR count). The van der Waals surface area contributed by atoms with E-state index in [2.05, 4.69) is 47.1 Å². The summed E-state index contributed by atoms with van der Waals surface area (Å²) >= 11 is 12.0. The number of aliphatic hydroxyl groups is 1. The number of H-pyrrole nitrogens is 1. The molecular formula is C40H44F2N12O10P2S2. The first-order chi connectivity index (χ1) is 32.7. The van der Waals surface area contributed by atoms with Crippen LogP contribution in [-0.2, 0) is 56.0 Å². The number of rotatable bonds is 21. The first-order valence-corrected chi connectivity index (χ1v) is 26.2. The SMILES string of the molecule is C=CCOP(=S)(OCCC#N)[C@@H]1C(COP(=S)(OCCC#N)[C@@H]2C(CO)OC(n3cnc4c(NC(=O)c5ccccc5)ncnc43)[C@@H]2F)OC(n2cnc3c(=O)[nH]c(NC(=O)C(C)C)nc32)[C@@H]1F. The summed E-state index contributed by atoms with van der Waals surface area (Å²) in [5.41, 5.74) is -3.74. The highest BCUT2D eigenvalue weighted by Crippen LogP contribution is 2.64. The summed E-state index contributed by atoms with van der Waals surface area (Å²) in [5, 5.41) is 34.6. The average molecular weight is 1020 g/mol. The Hall–Kier alpha value is -5.34. The third-order valence-electron chi connectivity index (χ3n) is 10.6. The molecule has 22 nitrogen and oxygen atoms in total. The minimum Gasteiger partial charge on any atom is -0.394 e. The van der Waals surface area contributed by atoms with Crippen molar-refractivity contribution in [2.75, 3.05) is 43.7 Å². The fourth-order valence-corrected chi connectivity index (χ4v) is 14.1. The van der Waals surface area contributed by atoms with Gasteiger partial charge in [-0.15, -0.1) is 6.58 Å². The number of alkyl halides is 2. The minimum absolute atomic E-state index is 0.0223. The Balaban J connectivity index is 1.22. The molecular weight excluding hydrogens is 973 g/mol. The van der Waals surface area contributed by atoms with Crippen LogP contribution in [0.4, 0.5) is 20.5 Å². The number of nitriles is 2. The first-order valence-electron chi connectivity index (χ1n) is 20.8. The number of imidazole rings is 2. The monoisotopic (exact) mass is 1020 g/mol. The number of hydrogen-bond donors (Lipinski definition) is 4. The van der Waals surface area contributed by atoms with E-state index in [1.807, 2.05) is 12.1 Å². The summed E-state index contributed by atoms with van der Waals surface area (Å²) in [6, 6.07) is 12.2. The molecule has 2 fully saturated rings. The lowest BCUT2D eigenvalue weighted by molar-refractivity contribution is -0.118. The first kappa shape index (κ1) is 50.5. The van der Waals surface area contributed by atoms with E-state index in [4.69, 9.17) is 51.2 Å². The molecule has 0 bridgehead atoms. The molecule has 360 valence electrons. The van der Waals surface area contributed by atoms with Gasteiger partial charge in [0.05, 0.1) is 94.2 Å². The van der Waals surface area contributed by atoms with Gasteiger partial charge in [0.2, 0.25) is 11.9 Å². The number of aromatic nitrogens is 8. The second kappa shape index (κ2) is 22.0. The molecule has 2 amide bonds. The number of amides is 2. The molecule has 1 aromatic carbocycles.